The Morgan fingerprint density at radius 1 is 1.35 bits per heavy atom. The van der Waals surface area contributed by atoms with Gasteiger partial charge < -0.3 is 14.4 Å². The van der Waals surface area contributed by atoms with Gasteiger partial charge in [-0.25, -0.2) is 4.98 Å². The number of likely N-dealkylation sites (tertiary alicyclic amines) is 1. The van der Waals surface area contributed by atoms with Crippen molar-refractivity contribution in [3.63, 3.8) is 0 Å². The summed E-state index contributed by atoms with van der Waals surface area (Å²) in [6.45, 7) is 7.72. The molecule has 1 aromatic heterocycles. The number of aryl methyl sites for hydroxylation is 1. The van der Waals surface area contributed by atoms with Crippen molar-refractivity contribution < 1.29 is 14.3 Å². The minimum atomic E-state index is 0.0567. The zero-order valence-electron chi connectivity index (χ0n) is 15.9. The number of benzene rings is 1. The summed E-state index contributed by atoms with van der Waals surface area (Å²) < 4.78 is 5.81. The highest BCUT2D eigenvalue weighted by molar-refractivity contribution is 5.78. The van der Waals surface area contributed by atoms with Gasteiger partial charge in [0.05, 0.1) is 12.1 Å². The van der Waals surface area contributed by atoms with Crippen LogP contribution in [-0.2, 0) is 11.2 Å². The molecule has 1 amide bonds. The highest BCUT2D eigenvalue weighted by Gasteiger charge is 2.24. The van der Waals surface area contributed by atoms with Gasteiger partial charge in [0.1, 0.15) is 5.76 Å². The summed E-state index contributed by atoms with van der Waals surface area (Å²) >= 11 is 0. The molecule has 0 aliphatic carbocycles. The van der Waals surface area contributed by atoms with E-state index in [0.717, 1.165) is 24.9 Å². The zero-order chi connectivity index (χ0) is 18.7. The molecule has 5 heteroatoms. The van der Waals surface area contributed by atoms with Gasteiger partial charge in [-0.05, 0) is 49.3 Å². The Hall–Kier alpha value is -2.14. The Labute approximate surface area is 155 Å². The second-order valence-corrected chi connectivity index (χ2v) is 7.51. The van der Waals surface area contributed by atoms with E-state index < -0.39 is 0 Å². The number of aromatic nitrogens is 1. The molecule has 1 fully saturated rings. The van der Waals surface area contributed by atoms with Crippen molar-refractivity contribution in [2.24, 2.45) is 5.92 Å². The van der Waals surface area contributed by atoms with Crippen LogP contribution >= 0.6 is 0 Å². The second-order valence-electron chi connectivity index (χ2n) is 7.51. The first kappa shape index (κ1) is 18.6. The number of nitrogens with zero attached hydrogens (tertiary/aromatic N) is 2. The monoisotopic (exact) mass is 356 g/mol. The fraction of sp³-hybridized carbons (Fsp3) is 0.524. The molecule has 1 saturated heterocycles. The first-order valence-electron chi connectivity index (χ1n) is 9.43. The van der Waals surface area contributed by atoms with Crippen molar-refractivity contribution in [2.45, 2.75) is 46.0 Å². The van der Waals surface area contributed by atoms with E-state index in [2.05, 4.69) is 31.0 Å². The Balaban J connectivity index is 1.70. The number of aliphatic hydroxyl groups excluding tert-OH is 1. The van der Waals surface area contributed by atoms with Gasteiger partial charge >= 0.3 is 0 Å². The van der Waals surface area contributed by atoms with E-state index in [-0.39, 0.29) is 24.9 Å². The molecule has 2 aromatic rings. The van der Waals surface area contributed by atoms with Crippen molar-refractivity contribution in [3.05, 3.63) is 41.3 Å². The Morgan fingerprint density at radius 3 is 2.73 bits per heavy atom. The lowest BCUT2D eigenvalue weighted by molar-refractivity contribution is -0.132. The zero-order valence-corrected chi connectivity index (χ0v) is 15.9. The van der Waals surface area contributed by atoms with Gasteiger partial charge in [0.25, 0.3) is 0 Å². The van der Waals surface area contributed by atoms with E-state index >= 15 is 0 Å². The predicted octanol–water partition coefficient (Wildman–Crippen LogP) is 3.55. The Kier molecular flexibility index (Phi) is 5.77. The molecule has 5 nitrogen and oxygen atoms in total. The van der Waals surface area contributed by atoms with Crippen LogP contribution in [0.5, 0.6) is 0 Å². The highest BCUT2D eigenvalue weighted by Crippen LogP contribution is 2.25. The van der Waals surface area contributed by atoms with E-state index in [1.54, 1.807) is 0 Å². The number of oxazole rings is 1. The molecule has 1 aliphatic heterocycles. The summed E-state index contributed by atoms with van der Waals surface area (Å²) in [4.78, 5) is 19.0. The third-order valence-electron chi connectivity index (χ3n) is 5.17. The fourth-order valence-corrected chi connectivity index (χ4v) is 3.42. The van der Waals surface area contributed by atoms with Gasteiger partial charge in [0, 0.05) is 25.3 Å². The van der Waals surface area contributed by atoms with E-state index in [1.807, 2.05) is 24.0 Å². The number of rotatable bonds is 5. The van der Waals surface area contributed by atoms with E-state index in [9.17, 15) is 9.90 Å². The van der Waals surface area contributed by atoms with Crippen molar-refractivity contribution in [1.29, 1.82) is 0 Å². The van der Waals surface area contributed by atoms with Crippen LogP contribution in [0.15, 0.2) is 28.7 Å². The lowest BCUT2D eigenvalue weighted by Gasteiger charge is -2.31. The fourth-order valence-electron chi connectivity index (χ4n) is 3.42. The third-order valence-corrected chi connectivity index (χ3v) is 5.17. The maximum Gasteiger partial charge on any atom is 0.228 e. The minimum Gasteiger partial charge on any atom is -0.441 e. The lowest BCUT2D eigenvalue weighted by Crippen LogP contribution is -2.41. The first-order chi connectivity index (χ1) is 12.5. The Morgan fingerprint density at radius 2 is 2.08 bits per heavy atom. The van der Waals surface area contributed by atoms with Crippen molar-refractivity contribution in [2.75, 3.05) is 19.7 Å². The van der Waals surface area contributed by atoms with Crippen LogP contribution in [0.25, 0.3) is 11.5 Å². The van der Waals surface area contributed by atoms with Crippen LogP contribution < -0.4 is 0 Å². The lowest BCUT2D eigenvalue weighted by atomic mass is 9.98. The number of carbonyl (C=O) groups excluding carboxylic acids is 1. The maximum absolute atomic E-state index is 12.6. The van der Waals surface area contributed by atoms with Gasteiger partial charge in [-0.1, -0.05) is 26.0 Å². The van der Waals surface area contributed by atoms with Crippen LogP contribution in [0, 0.1) is 12.8 Å². The van der Waals surface area contributed by atoms with Crippen molar-refractivity contribution in [3.8, 4) is 11.5 Å². The first-order valence-corrected chi connectivity index (χ1v) is 9.43. The van der Waals surface area contributed by atoms with Crippen LogP contribution in [0.1, 0.15) is 49.6 Å². The third kappa shape index (κ3) is 4.15. The summed E-state index contributed by atoms with van der Waals surface area (Å²) in [5.74, 6) is 1.99. The van der Waals surface area contributed by atoms with Gasteiger partial charge in [-0.3, -0.25) is 4.79 Å². The van der Waals surface area contributed by atoms with Gasteiger partial charge in [0.2, 0.25) is 11.8 Å². The molecule has 2 heterocycles. The summed E-state index contributed by atoms with van der Waals surface area (Å²) in [5, 5.41) is 9.34. The maximum atomic E-state index is 12.6. The smallest absolute Gasteiger partial charge is 0.228 e. The molecule has 140 valence electrons. The number of hydrogen-bond acceptors (Lipinski definition) is 4. The number of hydrogen-bond donors (Lipinski definition) is 1. The molecule has 0 radical (unpaired) electrons. The molecule has 1 N–H and O–H groups in total. The predicted molar refractivity (Wildman–Crippen MR) is 101 cm³/mol. The van der Waals surface area contributed by atoms with E-state index in [0.29, 0.717) is 29.8 Å². The molecule has 0 spiro atoms. The standard InChI is InChI=1S/C21H28N2O3/c1-14(2)17-6-8-18(9-7-17)21-22-19(15(3)26-21)11-20(25)23-10-4-5-16(12-23)13-24/h6-9,14,16,24H,4-5,10-13H2,1-3H3. The molecule has 1 atom stereocenters. The number of carbonyl (C=O) groups is 1. The summed E-state index contributed by atoms with van der Waals surface area (Å²) in [6.07, 6.45) is 2.18. The van der Waals surface area contributed by atoms with E-state index in [1.165, 1.54) is 5.56 Å². The van der Waals surface area contributed by atoms with Gasteiger partial charge in [-0.2, -0.15) is 0 Å². The summed E-state index contributed by atoms with van der Waals surface area (Å²) in [6, 6.07) is 8.21. The number of piperidine rings is 1. The SMILES string of the molecule is Cc1oc(-c2ccc(C(C)C)cc2)nc1CC(=O)N1CCCC(CO)C1. The minimum absolute atomic E-state index is 0.0567. The molecule has 3 rings (SSSR count). The highest BCUT2D eigenvalue weighted by atomic mass is 16.4. The topological polar surface area (TPSA) is 66.6 Å². The van der Waals surface area contributed by atoms with Gasteiger partial charge in [0.15, 0.2) is 0 Å². The molecular formula is C21H28N2O3. The average molecular weight is 356 g/mol. The molecule has 26 heavy (non-hydrogen) atoms. The van der Waals surface area contributed by atoms with Crippen LogP contribution in [-0.4, -0.2) is 40.6 Å². The molecule has 1 aromatic carbocycles. The largest absolute Gasteiger partial charge is 0.441 e. The molecular weight excluding hydrogens is 328 g/mol. The average Bonchev–Trinajstić information content (AvgIpc) is 3.02. The molecule has 0 bridgehead atoms. The van der Waals surface area contributed by atoms with Crippen molar-refractivity contribution in [1.82, 2.24) is 9.88 Å². The van der Waals surface area contributed by atoms with E-state index in [4.69, 9.17) is 4.42 Å². The normalized spacial score (nSPS) is 17.7. The molecule has 0 saturated carbocycles. The quantitative estimate of drug-likeness (QED) is 0.890. The van der Waals surface area contributed by atoms with Crippen LogP contribution in [0.3, 0.4) is 0 Å². The molecule has 1 aliphatic rings. The second kappa shape index (κ2) is 8.04. The van der Waals surface area contributed by atoms with Crippen molar-refractivity contribution >= 4 is 5.91 Å². The number of amides is 1. The van der Waals surface area contributed by atoms with Crippen LogP contribution in [0.2, 0.25) is 0 Å². The Bertz CT molecular complexity index is 749. The van der Waals surface area contributed by atoms with Gasteiger partial charge in [-0.15, -0.1) is 0 Å². The number of aliphatic hydroxyl groups is 1. The molecule has 1 unspecified atom stereocenters. The summed E-state index contributed by atoms with van der Waals surface area (Å²) in [5.41, 5.74) is 2.90. The van der Waals surface area contributed by atoms with Crippen LogP contribution in [0.4, 0.5) is 0 Å². The summed E-state index contributed by atoms with van der Waals surface area (Å²) in [7, 11) is 0.